The van der Waals surface area contributed by atoms with Crippen molar-refractivity contribution in [1.82, 2.24) is 14.8 Å². The van der Waals surface area contributed by atoms with Gasteiger partial charge in [-0.2, -0.15) is 0 Å². The van der Waals surface area contributed by atoms with Gasteiger partial charge in [-0.25, -0.2) is 4.98 Å². The van der Waals surface area contributed by atoms with E-state index in [9.17, 15) is 9.59 Å². The molecule has 2 aromatic rings. The molecule has 7 heteroatoms. The van der Waals surface area contributed by atoms with Crippen molar-refractivity contribution in [2.24, 2.45) is 0 Å². The van der Waals surface area contributed by atoms with Crippen molar-refractivity contribution in [3.8, 4) is 5.75 Å². The van der Waals surface area contributed by atoms with E-state index < -0.39 is 0 Å². The number of amides is 2. The van der Waals surface area contributed by atoms with Crippen molar-refractivity contribution in [3.05, 3.63) is 45.9 Å². The van der Waals surface area contributed by atoms with Crippen LogP contribution in [0.2, 0.25) is 0 Å². The van der Waals surface area contributed by atoms with Crippen LogP contribution in [-0.2, 0) is 11.2 Å². The number of carbonyl (C=O) groups is 2. The molecular formula is C19H23N3O3S. The van der Waals surface area contributed by atoms with Gasteiger partial charge in [-0.1, -0.05) is 18.2 Å². The van der Waals surface area contributed by atoms with Gasteiger partial charge in [0.25, 0.3) is 5.91 Å². The maximum absolute atomic E-state index is 12.5. The quantitative estimate of drug-likeness (QED) is 0.807. The van der Waals surface area contributed by atoms with Crippen LogP contribution in [0.1, 0.15) is 27.5 Å². The van der Waals surface area contributed by atoms with E-state index in [-0.39, 0.29) is 11.8 Å². The van der Waals surface area contributed by atoms with Crippen LogP contribution in [0.5, 0.6) is 5.75 Å². The molecule has 26 heavy (non-hydrogen) atoms. The number of methoxy groups -OCH3 is 1. The molecule has 0 atom stereocenters. The Kier molecular flexibility index (Phi) is 5.88. The number of hydrogen-bond acceptors (Lipinski definition) is 5. The lowest BCUT2D eigenvalue weighted by molar-refractivity contribution is -0.132. The number of aromatic nitrogens is 1. The molecular weight excluding hydrogens is 350 g/mol. The van der Waals surface area contributed by atoms with Crippen molar-refractivity contribution < 1.29 is 14.3 Å². The Morgan fingerprint density at radius 2 is 1.85 bits per heavy atom. The molecule has 0 spiro atoms. The van der Waals surface area contributed by atoms with Gasteiger partial charge in [0.2, 0.25) is 5.91 Å². The van der Waals surface area contributed by atoms with E-state index >= 15 is 0 Å². The van der Waals surface area contributed by atoms with Gasteiger partial charge in [0.1, 0.15) is 11.4 Å². The van der Waals surface area contributed by atoms with E-state index in [0.717, 1.165) is 16.3 Å². The SMILES string of the molecule is COc1ccccc1CCC(=O)N1CCN(C(=O)c2csc(C)n2)CC1. The maximum Gasteiger partial charge on any atom is 0.273 e. The van der Waals surface area contributed by atoms with E-state index in [4.69, 9.17) is 4.74 Å². The normalized spacial score (nSPS) is 14.4. The second-order valence-corrected chi connectivity index (χ2v) is 7.30. The molecule has 0 bridgehead atoms. The summed E-state index contributed by atoms with van der Waals surface area (Å²) in [5, 5.41) is 2.68. The molecule has 1 saturated heterocycles. The lowest BCUT2D eigenvalue weighted by Gasteiger charge is -2.34. The molecule has 0 aliphatic carbocycles. The summed E-state index contributed by atoms with van der Waals surface area (Å²) in [6.45, 7) is 4.13. The monoisotopic (exact) mass is 373 g/mol. The van der Waals surface area contributed by atoms with Crippen LogP contribution in [0, 0.1) is 6.92 Å². The van der Waals surface area contributed by atoms with Crippen LogP contribution in [0.25, 0.3) is 0 Å². The van der Waals surface area contributed by atoms with Gasteiger partial charge in [-0.3, -0.25) is 9.59 Å². The third kappa shape index (κ3) is 4.22. The fraction of sp³-hybridized carbons (Fsp3) is 0.421. The highest BCUT2D eigenvalue weighted by molar-refractivity contribution is 7.09. The minimum absolute atomic E-state index is 0.0459. The molecule has 1 aliphatic rings. The molecule has 1 aliphatic heterocycles. The highest BCUT2D eigenvalue weighted by Gasteiger charge is 2.25. The minimum atomic E-state index is -0.0459. The number of aryl methyl sites for hydroxylation is 2. The van der Waals surface area contributed by atoms with Crippen molar-refractivity contribution in [2.45, 2.75) is 19.8 Å². The maximum atomic E-state index is 12.5. The largest absolute Gasteiger partial charge is 0.496 e. The molecule has 0 saturated carbocycles. The van der Waals surface area contributed by atoms with E-state index in [0.29, 0.717) is 44.7 Å². The Morgan fingerprint density at radius 1 is 1.15 bits per heavy atom. The standard InChI is InChI=1S/C19H23N3O3S/c1-14-20-16(13-26-14)19(24)22-11-9-21(10-12-22)18(23)8-7-15-5-3-4-6-17(15)25-2/h3-6,13H,7-12H2,1-2H3. The Balaban J connectivity index is 1.50. The molecule has 138 valence electrons. The van der Waals surface area contributed by atoms with Gasteiger partial charge in [0.05, 0.1) is 12.1 Å². The van der Waals surface area contributed by atoms with Gasteiger partial charge >= 0.3 is 0 Å². The predicted molar refractivity (Wildman–Crippen MR) is 101 cm³/mol. The summed E-state index contributed by atoms with van der Waals surface area (Å²) >= 11 is 1.48. The van der Waals surface area contributed by atoms with Gasteiger partial charge < -0.3 is 14.5 Å². The first-order valence-electron chi connectivity index (χ1n) is 8.69. The van der Waals surface area contributed by atoms with E-state index in [1.165, 1.54) is 11.3 Å². The Hall–Kier alpha value is -2.41. The van der Waals surface area contributed by atoms with Crippen molar-refractivity contribution in [2.75, 3.05) is 33.3 Å². The molecule has 3 rings (SSSR count). The van der Waals surface area contributed by atoms with Crippen LogP contribution in [-0.4, -0.2) is 59.9 Å². The van der Waals surface area contributed by atoms with E-state index in [2.05, 4.69) is 4.98 Å². The molecule has 1 aromatic heterocycles. The minimum Gasteiger partial charge on any atom is -0.496 e. The van der Waals surface area contributed by atoms with Crippen LogP contribution in [0.15, 0.2) is 29.6 Å². The third-order valence-electron chi connectivity index (χ3n) is 4.56. The van der Waals surface area contributed by atoms with Crippen LogP contribution < -0.4 is 4.74 Å². The third-order valence-corrected chi connectivity index (χ3v) is 5.33. The number of ether oxygens (including phenoxy) is 1. The summed E-state index contributed by atoms with van der Waals surface area (Å²) in [6.07, 6.45) is 1.10. The highest BCUT2D eigenvalue weighted by atomic mass is 32.1. The number of benzene rings is 1. The Labute approximate surface area is 157 Å². The number of para-hydroxylation sites is 1. The first kappa shape index (κ1) is 18.4. The fourth-order valence-electron chi connectivity index (χ4n) is 3.09. The predicted octanol–water partition coefficient (Wildman–Crippen LogP) is 2.38. The summed E-state index contributed by atoms with van der Waals surface area (Å²) in [4.78, 5) is 32.8. The number of piperazine rings is 1. The summed E-state index contributed by atoms with van der Waals surface area (Å²) in [5.41, 5.74) is 1.54. The summed E-state index contributed by atoms with van der Waals surface area (Å²) in [5.74, 6) is 0.886. The van der Waals surface area contributed by atoms with Crippen LogP contribution in [0.4, 0.5) is 0 Å². The second-order valence-electron chi connectivity index (χ2n) is 6.24. The highest BCUT2D eigenvalue weighted by Crippen LogP contribution is 2.19. The van der Waals surface area contributed by atoms with Gasteiger partial charge in [0, 0.05) is 38.0 Å². The lowest BCUT2D eigenvalue weighted by Crippen LogP contribution is -2.50. The zero-order valence-corrected chi connectivity index (χ0v) is 15.9. The molecule has 2 amide bonds. The first-order valence-corrected chi connectivity index (χ1v) is 9.57. The van der Waals surface area contributed by atoms with Gasteiger partial charge in [-0.15, -0.1) is 11.3 Å². The van der Waals surface area contributed by atoms with Gasteiger partial charge in [-0.05, 0) is 25.0 Å². The fourth-order valence-corrected chi connectivity index (χ4v) is 3.68. The molecule has 0 unspecified atom stereocenters. The van der Waals surface area contributed by atoms with Crippen LogP contribution in [0.3, 0.4) is 0 Å². The van der Waals surface area contributed by atoms with Crippen LogP contribution >= 0.6 is 11.3 Å². The number of hydrogen-bond donors (Lipinski definition) is 0. The van der Waals surface area contributed by atoms with Crippen molar-refractivity contribution >= 4 is 23.2 Å². The Bertz CT molecular complexity index is 782. The average molecular weight is 373 g/mol. The molecule has 0 radical (unpaired) electrons. The van der Waals surface area contributed by atoms with E-state index in [1.807, 2.05) is 36.1 Å². The topological polar surface area (TPSA) is 62.7 Å². The molecule has 1 aromatic carbocycles. The molecule has 0 N–H and O–H groups in total. The Morgan fingerprint density at radius 3 is 2.50 bits per heavy atom. The van der Waals surface area contributed by atoms with Crippen molar-refractivity contribution in [3.63, 3.8) is 0 Å². The lowest BCUT2D eigenvalue weighted by atomic mass is 10.1. The van der Waals surface area contributed by atoms with E-state index in [1.54, 1.807) is 17.4 Å². The smallest absolute Gasteiger partial charge is 0.273 e. The summed E-state index contributed by atoms with van der Waals surface area (Å²) in [7, 11) is 1.64. The number of rotatable bonds is 5. The summed E-state index contributed by atoms with van der Waals surface area (Å²) < 4.78 is 5.33. The molecule has 6 nitrogen and oxygen atoms in total. The summed E-state index contributed by atoms with van der Waals surface area (Å²) in [6, 6.07) is 7.76. The molecule has 1 fully saturated rings. The molecule has 2 heterocycles. The number of nitrogens with zero attached hydrogens (tertiary/aromatic N) is 3. The number of carbonyl (C=O) groups excluding carboxylic acids is 2. The van der Waals surface area contributed by atoms with Gasteiger partial charge in [0.15, 0.2) is 0 Å². The average Bonchev–Trinajstić information content (AvgIpc) is 3.12. The second kappa shape index (κ2) is 8.31. The zero-order chi connectivity index (χ0) is 18.5. The van der Waals surface area contributed by atoms with Crippen molar-refractivity contribution in [1.29, 1.82) is 0 Å². The zero-order valence-electron chi connectivity index (χ0n) is 15.1. The number of thiazole rings is 1. The first-order chi connectivity index (χ1) is 12.6.